The zero-order valence-corrected chi connectivity index (χ0v) is 11.3. The second-order valence-electron chi connectivity index (χ2n) is 4.21. The monoisotopic (exact) mass is 367 g/mol. The maximum atomic E-state index is 13.0. The lowest BCUT2D eigenvalue weighted by atomic mass is 9.93. The Balaban J connectivity index is 3.00. The Hall–Kier alpha value is -0.830. The van der Waals surface area contributed by atoms with Gasteiger partial charge in [0.15, 0.2) is 5.92 Å². The van der Waals surface area contributed by atoms with Crippen molar-refractivity contribution in [1.82, 2.24) is 0 Å². The van der Waals surface area contributed by atoms with Gasteiger partial charge in [-0.05, 0) is 30.2 Å². The highest BCUT2D eigenvalue weighted by atomic mass is 79.9. The van der Waals surface area contributed by atoms with Crippen molar-refractivity contribution in [3.63, 3.8) is 0 Å². The third-order valence-corrected chi connectivity index (χ3v) is 2.99. The van der Waals surface area contributed by atoms with E-state index < -0.39 is 36.6 Å². The van der Waals surface area contributed by atoms with Crippen LogP contribution in [0.15, 0.2) is 22.7 Å². The van der Waals surface area contributed by atoms with Crippen molar-refractivity contribution in [2.75, 3.05) is 0 Å². The van der Waals surface area contributed by atoms with Crippen LogP contribution in [0.25, 0.3) is 0 Å². The van der Waals surface area contributed by atoms with Crippen molar-refractivity contribution >= 4 is 15.9 Å². The normalized spacial score (nSPS) is 14.7. The van der Waals surface area contributed by atoms with Crippen molar-refractivity contribution in [3.05, 3.63) is 34.1 Å². The first-order chi connectivity index (χ1) is 8.91. The number of hydrogen-bond donors (Lipinski definition) is 1. The van der Waals surface area contributed by atoms with Gasteiger partial charge in [0.1, 0.15) is 5.82 Å². The minimum absolute atomic E-state index is 0.0529. The van der Waals surface area contributed by atoms with Crippen LogP contribution in [-0.4, -0.2) is 18.4 Å². The molecule has 0 aromatic heterocycles. The molecular weight excluding hydrogens is 359 g/mol. The Labute approximate surface area is 118 Å². The van der Waals surface area contributed by atoms with Crippen LogP contribution in [0, 0.1) is 11.7 Å². The maximum Gasteiger partial charge on any atom is 0.402 e. The van der Waals surface area contributed by atoms with E-state index in [0.29, 0.717) is 0 Å². The van der Waals surface area contributed by atoms with Crippen LogP contribution in [0.5, 0.6) is 0 Å². The molecule has 0 fully saturated rings. The summed E-state index contributed by atoms with van der Waals surface area (Å²) in [6, 6.07) is 0.838. The van der Waals surface area contributed by atoms with Crippen molar-refractivity contribution in [1.29, 1.82) is 0 Å². The molecule has 0 bridgehead atoms. The van der Waals surface area contributed by atoms with Crippen LogP contribution in [0.3, 0.4) is 0 Å². The molecule has 1 aromatic carbocycles. The fraction of sp³-hybridized carbons (Fsp3) is 0.455. The molecule has 1 atom stereocenters. The molecule has 0 radical (unpaired) electrons. The lowest BCUT2D eigenvalue weighted by Crippen LogP contribution is -2.49. The fourth-order valence-corrected chi connectivity index (χ4v) is 2.30. The van der Waals surface area contributed by atoms with Crippen LogP contribution in [0.1, 0.15) is 5.56 Å². The summed E-state index contributed by atoms with van der Waals surface area (Å²) in [5.41, 5.74) is 4.99. The van der Waals surface area contributed by atoms with Gasteiger partial charge in [0.2, 0.25) is 0 Å². The molecule has 1 aromatic rings. The number of benzene rings is 1. The highest BCUT2D eigenvalue weighted by Gasteiger charge is 2.59. The van der Waals surface area contributed by atoms with Gasteiger partial charge >= 0.3 is 12.4 Å². The van der Waals surface area contributed by atoms with E-state index in [2.05, 4.69) is 15.9 Å². The van der Waals surface area contributed by atoms with Crippen molar-refractivity contribution in [2.24, 2.45) is 11.7 Å². The number of nitrogens with two attached hydrogens (primary N) is 1. The second-order valence-corrected chi connectivity index (χ2v) is 5.12. The fourth-order valence-electron chi connectivity index (χ4n) is 1.79. The zero-order valence-electron chi connectivity index (χ0n) is 9.69. The van der Waals surface area contributed by atoms with E-state index >= 15 is 0 Å². The summed E-state index contributed by atoms with van der Waals surface area (Å²) in [5, 5.41) is 0. The Bertz CT molecular complexity index is 435. The Morgan fingerprint density at radius 1 is 1.00 bits per heavy atom. The van der Waals surface area contributed by atoms with E-state index in [9.17, 15) is 30.7 Å². The summed E-state index contributed by atoms with van der Waals surface area (Å²) in [6.07, 6.45) is -11.8. The van der Waals surface area contributed by atoms with Crippen molar-refractivity contribution in [3.8, 4) is 0 Å². The molecule has 0 aliphatic carbocycles. The van der Waals surface area contributed by atoms with E-state index in [1.807, 2.05) is 0 Å². The van der Waals surface area contributed by atoms with E-state index in [0.717, 1.165) is 12.1 Å². The van der Waals surface area contributed by atoms with Crippen LogP contribution >= 0.6 is 15.9 Å². The van der Waals surface area contributed by atoms with Crippen LogP contribution in [0.2, 0.25) is 0 Å². The average Bonchev–Trinajstić information content (AvgIpc) is 2.08. The highest BCUT2D eigenvalue weighted by Crippen LogP contribution is 2.41. The van der Waals surface area contributed by atoms with Gasteiger partial charge in [0, 0.05) is 10.5 Å². The first-order valence-corrected chi connectivity index (χ1v) is 6.04. The summed E-state index contributed by atoms with van der Waals surface area (Å²) >= 11 is 2.89. The van der Waals surface area contributed by atoms with Gasteiger partial charge in [-0.25, -0.2) is 4.39 Å². The Morgan fingerprint density at radius 2 is 1.50 bits per heavy atom. The summed E-state index contributed by atoms with van der Waals surface area (Å²) in [4.78, 5) is 0. The molecule has 0 saturated carbocycles. The molecule has 1 unspecified atom stereocenters. The SMILES string of the molecule is NC(Cc1cc(F)cc(Br)c1)C(C(F)(F)F)C(F)(F)F. The number of hydrogen-bond acceptors (Lipinski definition) is 1. The van der Waals surface area contributed by atoms with Gasteiger partial charge in [-0.3, -0.25) is 0 Å². The number of alkyl halides is 6. The Kier molecular flexibility index (Phi) is 5.07. The van der Waals surface area contributed by atoms with Gasteiger partial charge in [-0.1, -0.05) is 15.9 Å². The second kappa shape index (κ2) is 5.88. The van der Waals surface area contributed by atoms with E-state index in [1.165, 1.54) is 6.07 Å². The number of rotatable bonds is 3. The molecule has 20 heavy (non-hydrogen) atoms. The van der Waals surface area contributed by atoms with Gasteiger partial charge in [0.25, 0.3) is 0 Å². The van der Waals surface area contributed by atoms with Gasteiger partial charge in [-0.15, -0.1) is 0 Å². The van der Waals surface area contributed by atoms with Crippen LogP contribution in [-0.2, 0) is 6.42 Å². The maximum absolute atomic E-state index is 13.0. The smallest absolute Gasteiger partial charge is 0.327 e. The first kappa shape index (κ1) is 17.2. The predicted molar refractivity (Wildman–Crippen MR) is 61.4 cm³/mol. The van der Waals surface area contributed by atoms with Crippen LogP contribution < -0.4 is 5.73 Å². The quantitative estimate of drug-likeness (QED) is 0.796. The summed E-state index contributed by atoms with van der Waals surface area (Å²) in [7, 11) is 0. The largest absolute Gasteiger partial charge is 0.402 e. The number of halogens is 8. The average molecular weight is 368 g/mol. The third kappa shape index (κ3) is 4.62. The molecule has 2 N–H and O–H groups in total. The molecular formula is C11H9BrF7N. The van der Waals surface area contributed by atoms with Gasteiger partial charge in [-0.2, -0.15) is 26.3 Å². The highest BCUT2D eigenvalue weighted by molar-refractivity contribution is 9.10. The molecule has 0 amide bonds. The molecule has 0 aliphatic rings. The van der Waals surface area contributed by atoms with Crippen molar-refractivity contribution in [2.45, 2.75) is 24.8 Å². The molecule has 0 saturated heterocycles. The predicted octanol–water partition coefficient (Wildman–Crippen LogP) is 4.20. The van der Waals surface area contributed by atoms with Gasteiger partial charge in [0.05, 0.1) is 0 Å². The van der Waals surface area contributed by atoms with E-state index in [-0.39, 0.29) is 10.0 Å². The first-order valence-electron chi connectivity index (χ1n) is 5.25. The molecule has 0 spiro atoms. The summed E-state index contributed by atoms with van der Waals surface area (Å²) in [6.45, 7) is 0. The molecule has 114 valence electrons. The van der Waals surface area contributed by atoms with Crippen molar-refractivity contribution < 1.29 is 30.7 Å². The minimum Gasteiger partial charge on any atom is -0.327 e. The lowest BCUT2D eigenvalue weighted by molar-refractivity contribution is -0.289. The van der Waals surface area contributed by atoms with Crippen LogP contribution in [0.4, 0.5) is 30.7 Å². The summed E-state index contributed by atoms with van der Waals surface area (Å²) in [5.74, 6) is -4.44. The molecule has 0 heterocycles. The summed E-state index contributed by atoms with van der Waals surface area (Å²) < 4.78 is 87.9. The molecule has 1 nitrogen and oxygen atoms in total. The zero-order chi connectivity index (χ0) is 15.7. The van der Waals surface area contributed by atoms with E-state index in [4.69, 9.17) is 5.73 Å². The van der Waals surface area contributed by atoms with Gasteiger partial charge < -0.3 is 5.73 Å². The Morgan fingerprint density at radius 3 is 1.90 bits per heavy atom. The molecule has 1 rings (SSSR count). The standard InChI is InChI=1S/C11H9BrF7N/c12-6-1-5(2-7(13)4-6)3-8(20)9(10(14,15)16)11(17,18)19/h1-2,4,8-9H,3,20H2. The minimum atomic E-state index is -5.51. The topological polar surface area (TPSA) is 26.0 Å². The third-order valence-electron chi connectivity index (χ3n) is 2.53. The molecule has 0 aliphatic heterocycles. The molecule has 9 heteroatoms. The lowest BCUT2D eigenvalue weighted by Gasteiger charge is -2.28. The van der Waals surface area contributed by atoms with E-state index in [1.54, 1.807) is 0 Å².